The molecule has 1 aromatic heterocycles. The Bertz CT molecular complexity index is 817. The standard InChI is InChI=1S/C16H20N2O4S/c1-11-6-5-7-12(10-11)17-15(19)13-8-9-14(22-13)23(20,21)18-16(2,3)4/h5-10,18H,1-4H3,(H,17,19). The predicted molar refractivity (Wildman–Crippen MR) is 87.9 cm³/mol. The third-order valence-electron chi connectivity index (χ3n) is 2.79. The monoisotopic (exact) mass is 336 g/mol. The van der Waals surface area contributed by atoms with Crippen LogP contribution in [0.1, 0.15) is 36.9 Å². The second-order valence-corrected chi connectivity index (χ2v) is 7.91. The van der Waals surface area contributed by atoms with Crippen LogP contribution in [0.15, 0.2) is 45.9 Å². The van der Waals surface area contributed by atoms with Crippen LogP contribution in [0.25, 0.3) is 0 Å². The van der Waals surface area contributed by atoms with Crippen molar-refractivity contribution in [2.45, 2.75) is 38.3 Å². The van der Waals surface area contributed by atoms with Crippen molar-refractivity contribution in [2.75, 3.05) is 5.32 Å². The van der Waals surface area contributed by atoms with E-state index in [-0.39, 0.29) is 10.9 Å². The molecule has 6 nitrogen and oxygen atoms in total. The van der Waals surface area contributed by atoms with Gasteiger partial charge >= 0.3 is 0 Å². The molecule has 0 spiro atoms. The average Bonchev–Trinajstić information content (AvgIpc) is 2.86. The molecule has 0 saturated carbocycles. The number of carbonyl (C=O) groups excluding carboxylic acids is 1. The summed E-state index contributed by atoms with van der Waals surface area (Å²) in [5.41, 5.74) is 0.971. The van der Waals surface area contributed by atoms with E-state index in [1.54, 1.807) is 32.9 Å². The van der Waals surface area contributed by atoms with Gasteiger partial charge < -0.3 is 9.73 Å². The summed E-state index contributed by atoms with van der Waals surface area (Å²) in [6.45, 7) is 7.07. The molecule has 0 unspecified atom stereocenters. The minimum atomic E-state index is -3.81. The first-order valence-electron chi connectivity index (χ1n) is 7.09. The fraction of sp³-hybridized carbons (Fsp3) is 0.312. The smallest absolute Gasteiger partial charge is 0.291 e. The van der Waals surface area contributed by atoms with Gasteiger partial charge in [0.1, 0.15) is 0 Å². The largest absolute Gasteiger partial charge is 0.438 e. The van der Waals surface area contributed by atoms with Gasteiger partial charge in [-0.05, 0) is 57.5 Å². The Morgan fingerprint density at radius 1 is 1.13 bits per heavy atom. The van der Waals surface area contributed by atoms with Crippen molar-refractivity contribution in [2.24, 2.45) is 0 Å². The summed E-state index contributed by atoms with van der Waals surface area (Å²) < 4.78 is 32.0. The number of hydrogen-bond acceptors (Lipinski definition) is 4. The normalized spacial score (nSPS) is 12.2. The van der Waals surface area contributed by atoms with Gasteiger partial charge in [0.05, 0.1) is 0 Å². The molecule has 0 atom stereocenters. The molecule has 0 aliphatic carbocycles. The summed E-state index contributed by atoms with van der Waals surface area (Å²) in [7, 11) is -3.81. The SMILES string of the molecule is Cc1cccc(NC(=O)c2ccc(S(=O)(=O)NC(C)(C)C)o2)c1. The lowest BCUT2D eigenvalue weighted by molar-refractivity contribution is 0.0991. The van der Waals surface area contributed by atoms with Crippen molar-refractivity contribution in [3.8, 4) is 0 Å². The summed E-state index contributed by atoms with van der Waals surface area (Å²) >= 11 is 0. The lowest BCUT2D eigenvalue weighted by Gasteiger charge is -2.18. The first-order chi connectivity index (χ1) is 10.6. The van der Waals surface area contributed by atoms with Crippen LogP contribution in [-0.4, -0.2) is 19.9 Å². The Labute approximate surface area is 135 Å². The average molecular weight is 336 g/mol. The minimum absolute atomic E-state index is 0.0687. The Kier molecular flexibility index (Phi) is 4.63. The number of sulfonamides is 1. The van der Waals surface area contributed by atoms with Gasteiger partial charge in [0.25, 0.3) is 15.9 Å². The van der Waals surface area contributed by atoms with Gasteiger partial charge in [-0.15, -0.1) is 0 Å². The van der Waals surface area contributed by atoms with Crippen molar-refractivity contribution >= 4 is 21.6 Å². The van der Waals surface area contributed by atoms with Gasteiger partial charge in [0.15, 0.2) is 5.76 Å². The molecule has 0 fully saturated rings. The first-order valence-corrected chi connectivity index (χ1v) is 8.57. The highest BCUT2D eigenvalue weighted by molar-refractivity contribution is 7.89. The van der Waals surface area contributed by atoms with E-state index in [9.17, 15) is 13.2 Å². The fourth-order valence-corrected chi connectivity index (χ4v) is 3.31. The number of rotatable bonds is 4. The molecule has 0 radical (unpaired) electrons. The van der Waals surface area contributed by atoms with Gasteiger partial charge in [-0.1, -0.05) is 12.1 Å². The maximum absolute atomic E-state index is 12.2. The highest BCUT2D eigenvalue weighted by Crippen LogP contribution is 2.18. The third-order valence-corrected chi connectivity index (χ3v) is 4.42. The van der Waals surface area contributed by atoms with Crippen molar-refractivity contribution < 1.29 is 17.6 Å². The molecule has 0 aliphatic rings. The van der Waals surface area contributed by atoms with Crippen LogP contribution in [-0.2, 0) is 10.0 Å². The van der Waals surface area contributed by atoms with E-state index < -0.39 is 21.5 Å². The van der Waals surface area contributed by atoms with Crippen molar-refractivity contribution in [1.29, 1.82) is 0 Å². The number of aryl methyl sites for hydroxylation is 1. The van der Waals surface area contributed by atoms with Crippen molar-refractivity contribution in [3.05, 3.63) is 47.7 Å². The van der Waals surface area contributed by atoms with E-state index in [0.29, 0.717) is 5.69 Å². The Hall–Kier alpha value is -2.12. The Morgan fingerprint density at radius 2 is 1.83 bits per heavy atom. The molecule has 0 aliphatic heterocycles. The van der Waals surface area contributed by atoms with Crippen molar-refractivity contribution in [1.82, 2.24) is 4.72 Å². The molecular weight excluding hydrogens is 316 g/mol. The van der Waals surface area contributed by atoms with E-state index in [1.807, 2.05) is 19.1 Å². The quantitative estimate of drug-likeness (QED) is 0.898. The lowest BCUT2D eigenvalue weighted by atomic mass is 10.1. The zero-order valence-corrected chi connectivity index (χ0v) is 14.3. The highest BCUT2D eigenvalue weighted by Gasteiger charge is 2.26. The zero-order chi connectivity index (χ0) is 17.3. The van der Waals surface area contributed by atoms with Crippen LogP contribution < -0.4 is 10.0 Å². The van der Waals surface area contributed by atoms with Crippen molar-refractivity contribution in [3.63, 3.8) is 0 Å². The second kappa shape index (κ2) is 6.17. The molecule has 2 rings (SSSR count). The van der Waals surface area contributed by atoms with Crippen LogP contribution in [0.2, 0.25) is 0 Å². The van der Waals surface area contributed by atoms with Crippen LogP contribution in [0.3, 0.4) is 0 Å². The van der Waals surface area contributed by atoms with E-state index in [0.717, 1.165) is 5.56 Å². The summed E-state index contributed by atoms with van der Waals surface area (Å²) in [6.07, 6.45) is 0. The summed E-state index contributed by atoms with van der Waals surface area (Å²) in [5.74, 6) is -0.575. The highest BCUT2D eigenvalue weighted by atomic mass is 32.2. The van der Waals surface area contributed by atoms with Gasteiger partial charge in [-0.3, -0.25) is 4.79 Å². The second-order valence-electron chi connectivity index (χ2n) is 6.30. The molecule has 2 N–H and O–H groups in total. The number of anilines is 1. The van der Waals surface area contributed by atoms with Gasteiger partial charge in [0.2, 0.25) is 5.09 Å². The molecular formula is C16H20N2O4S. The molecule has 0 bridgehead atoms. The molecule has 1 amide bonds. The number of amides is 1. The molecule has 1 aromatic carbocycles. The van der Waals surface area contributed by atoms with Crippen LogP contribution in [0.4, 0.5) is 5.69 Å². The van der Waals surface area contributed by atoms with Gasteiger partial charge in [-0.25, -0.2) is 13.1 Å². The lowest BCUT2D eigenvalue weighted by Crippen LogP contribution is -2.40. The number of furan rings is 1. The fourth-order valence-electron chi connectivity index (χ4n) is 1.96. The first kappa shape index (κ1) is 17.2. The van der Waals surface area contributed by atoms with Gasteiger partial charge in [-0.2, -0.15) is 0 Å². The van der Waals surface area contributed by atoms with E-state index in [2.05, 4.69) is 10.0 Å². The number of nitrogens with one attached hydrogen (secondary N) is 2. The molecule has 1 heterocycles. The number of benzene rings is 1. The number of hydrogen-bond donors (Lipinski definition) is 2. The summed E-state index contributed by atoms with van der Waals surface area (Å²) in [6, 6.07) is 9.87. The van der Waals surface area contributed by atoms with Gasteiger partial charge in [0, 0.05) is 11.2 Å². The minimum Gasteiger partial charge on any atom is -0.438 e. The van der Waals surface area contributed by atoms with E-state index in [4.69, 9.17) is 4.42 Å². The summed E-state index contributed by atoms with van der Waals surface area (Å²) in [5, 5.41) is 2.37. The zero-order valence-electron chi connectivity index (χ0n) is 13.5. The third kappa shape index (κ3) is 4.67. The molecule has 124 valence electrons. The van der Waals surface area contributed by atoms with E-state index in [1.165, 1.54) is 12.1 Å². The molecule has 23 heavy (non-hydrogen) atoms. The maximum atomic E-state index is 12.2. The summed E-state index contributed by atoms with van der Waals surface area (Å²) in [4.78, 5) is 12.1. The Balaban J connectivity index is 2.17. The maximum Gasteiger partial charge on any atom is 0.291 e. The molecule has 0 saturated heterocycles. The number of carbonyl (C=O) groups is 1. The predicted octanol–water partition coefficient (Wildman–Crippen LogP) is 2.92. The Morgan fingerprint density at radius 3 is 2.43 bits per heavy atom. The topological polar surface area (TPSA) is 88.4 Å². The van der Waals surface area contributed by atoms with Crippen LogP contribution in [0, 0.1) is 6.92 Å². The van der Waals surface area contributed by atoms with Crippen LogP contribution in [0.5, 0.6) is 0 Å². The molecule has 7 heteroatoms. The van der Waals surface area contributed by atoms with Crippen LogP contribution >= 0.6 is 0 Å². The van der Waals surface area contributed by atoms with E-state index >= 15 is 0 Å². The molecule has 2 aromatic rings.